The van der Waals surface area contributed by atoms with Crippen LogP contribution in [0.3, 0.4) is 0 Å². The monoisotopic (exact) mass is 294 g/mol. The fourth-order valence-electron chi connectivity index (χ4n) is 2.35. The molecular formula is C17H18N4O. The van der Waals surface area contributed by atoms with Crippen LogP contribution in [-0.4, -0.2) is 26.9 Å². The van der Waals surface area contributed by atoms with Crippen molar-refractivity contribution in [3.63, 3.8) is 0 Å². The number of amides is 2. The average molecular weight is 294 g/mol. The van der Waals surface area contributed by atoms with Crippen molar-refractivity contribution >= 4 is 17.4 Å². The van der Waals surface area contributed by atoms with Crippen LogP contribution in [0.15, 0.2) is 60.9 Å². The van der Waals surface area contributed by atoms with Gasteiger partial charge >= 0.3 is 6.03 Å². The Balaban J connectivity index is 1.75. The Hall–Kier alpha value is -2.82. The van der Waals surface area contributed by atoms with E-state index in [9.17, 15) is 4.79 Å². The summed E-state index contributed by atoms with van der Waals surface area (Å²) in [6.45, 7) is 3.10. The van der Waals surface area contributed by atoms with Crippen molar-refractivity contribution in [2.45, 2.75) is 13.5 Å². The molecule has 0 aliphatic rings. The Labute approximate surface area is 129 Å². The van der Waals surface area contributed by atoms with Gasteiger partial charge < -0.3 is 14.6 Å². The Morgan fingerprint density at radius 3 is 2.73 bits per heavy atom. The number of nitrogens with one attached hydrogen (secondary N) is 1. The van der Waals surface area contributed by atoms with Gasteiger partial charge in [0, 0.05) is 18.4 Å². The predicted octanol–water partition coefficient (Wildman–Crippen LogP) is 3.39. The molecule has 112 valence electrons. The van der Waals surface area contributed by atoms with Gasteiger partial charge in [0.2, 0.25) is 0 Å². The number of imidazole rings is 1. The zero-order valence-corrected chi connectivity index (χ0v) is 12.4. The number of carbonyl (C=O) groups excluding carboxylic acids is 1. The molecule has 0 unspecified atom stereocenters. The van der Waals surface area contributed by atoms with Crippen LogP contribution in [0.4, 0.5) is 10.5 Å². The minimum Gasteiger partial charge on any atom is -0.319 e. The largest absolute Gasteiger partial charge is 0.322 e. The van der Waals surface area contributed by atoms with E-state index < -0.39 is 0 Å². The molecule has 3 aromatic rings. The van der Waals surface area contributed by atoms with Crippen molar-refractivity contribution in [1.29, 1.82) is 0 Å². The highest BCUT2D eigenvalue weighted by Gasteiger charge is 2.14. The molecule has 0 saturated carbocycles. The van der Waals surface area contributed by atoms with Crippen molar-refractivity contribution in [2.75, 3.05) is 11.9 Å². The minimum absolute atomic E-state index is 0.111. The second-order valence-corrected chi connectivity index (χ2v) is 4.99. The number of benzene rings is 1. The number of pyridine rings is 1. The Morgan fingerprint density at radius 2 is 1.95 bits per heavy atom. The van der Waals surface area contributed by atoms with Crippen molar-refractivity contribution < 1.29 is 4.79 Å². The summed E-state index contributed by atoms with van der Waals surface area (Å²) in [4.78, 5) is 18.5. The van der Waals surface area contributed by atoms with Crippen LogP contribution in [-0.2, 0) is 6.54 Å². The number of aromatic nitrogens is 2. The Bertz CT molecular complexity index is 766. The molecule has 0 atom stereocenters. The molecule has 0 bridgehead atoms. The van der Waals surface area contributed by atoms with Crippen LogP contribution in [0.25, 0.3) is 5.65 Å². The predicted molar refractivity (Wildman–Crippen MR) is 86.7 cm³/mol. The molecular weight excluding hydrogens is 276 g/mol. The molecule has 22 heavy (non-hydrogen) atoms. The number of urea groups is 1. The van der Waals surface area contributed by atoms with E-state index in [0.717, 1.165) is 17.0 Å². The zero-order valence-electron chi connectivity index (χ0n) is 12.4. The van der Waals surface area contributed by atoms with Gasteiger partial charge in [0.15, 0.2) is 0 Å². The molecule has 2 aromatic heterocycles. The SMILES string of the molecule is CCN(Cc1cnc2ccccn12)C(=O)Nc1ccccc1. The lowest BCUT2D eigenvalue weighted by molar-refractivity contribution is 0.211. The number of carbonyl (C=O) groups is 1. The van der Waals surface area contributed by atoms with Crippen molar-refractivity contribution in [2.24, 2.45) is 0 Å². The molecule has 1 aromatic carbocycles. The zero-order chi connectivity index (χ0) is 15.4. The first-order valence-electron chi connectivity index (χ1n) is 7.30. The van der Waals surface area contributed by atoms with Crippen molar-refractivity contribution in [1.82, 2.24) is 14.3 Å². The average Bonchev–Trinajstić information content (AvgIpc) is 2.96. The van der Waals surface area contributed by atoms with Gasteiger partial charge in [-0.25, -0.2) is 9.78 Å². The Kier molecular flexibility index (Phi) is 4.05. The summed E-state index contributed by atoms with van der Waals surface area (Å²) in [5.74, 6) is 0. The number of hydrogen-bond donors (Lipinski definition) is 1. The van der Waals surface area contributed by atoms with Crippen LogP contribution in [0.2, 0.25) is 0 Å². The van der Waals surface area contributed by atoms with E-state index in [1.165, 1.54) is 0 Å². The van der Waals surface area contributed by atoms with E-state index >= 15 is 0 Å². The summed E-state index contributed by atoms with van der Waals surface area (Å²) in [6.07, 6.45) is 3.77. The molecule has 1 N–H and O–H groups in total. The van der Waals surface area contributed by atoms with Gasteiger partial charge in [-0.15, -0.1) is 0 Å². The summed E-state index contributed by atoms with van der Waals surface area (Å²) in [5.41, 5.74) is 2.67. The third-order valence-electron chi connectivity index (χ3n) is 3.54. The first-order chi connectivity index (χ1) is 10.8. The number of anilines is 1. The first-order valence-corrected chi connectivity index (χ1v) is 7.30. The number of hydrogen-bond acceptors (Lipinski definition) is 2. The minimum atomic E-state index is -0.111. The van der Waals surface area contributed by atoms with Gasteiger partial charge in [-0.3, -0.25) is 0 Å². The lowest BCUT2D eigenvalue weighted by Gasteiger charge is -2.21. The summed E-state index contributed by atoms with van der Waals surface area (Å²) >= 11 is 0. The van der Waals surface area contributed by atoms with E-state index in [1.807, 2.05) is 72.2 Å². The summed E-state index contributed by atoms with van der Waals surface area (Å²) < 4.78 is 2.00. The lowest BCUT2D eigenvalue weighted by atomic mass is 10.3. The maximum absolute atomic E-state index is 12.4. The summed E-state index contributed by atoms with van der Waals surface area (Å²) in [5, 5.41) is 2.91. The number of para-hydroxylation sites is 1. The van der Waals surface area contributed by atoms with Crippen molar-refractivity contribution in [3.8, 4) is 0 Å². The molecule has 0 aliphatic heterocycles. The molecule has 0 aliphatic carbocycles. The highest BCUT2D eigenvalue weighted by Crippen LogP contribution is 2.11. The molecule has 5 nitrogen and oxygen atoms in total. The maximum Gasteiger partial charge on any atom is 0.322 e. The quantitative estimate of drug-likeness (QED) is 0.802. The molecule has 3 rings (SSSR count). The van der Waals surface area contributed by atoms with Crippen molar-refractivity contribution in [3.05, 3.63) is 66.6 Å². The van der Waals surface area contributed by atoms with Gasteiger partial charge in [-0.05, 0) is 31.2 Å². The molecule has 0 saturated heterocycles. The lowest BCUT2D eigenvalue weighted by Crippen LogP contribution is -2.34. The molecule has 5 heteroatoms. The number of rotatable bonds is 4. The van der Waals surface area contributed by atoms with Gasteiger partial charge in [0.1, 0.15) is 5.65 Å². The van der Waals surface area contributed by atoms with Gasteiger partial charge in [0.25, 0.3) is 0 Å². The maximum atomic E-state index is 12.4. The third-order valence-corrected chi connectivity index (χ3v) is 3.54. The normalized spacial score (nSPS) is 10.6. The molecule has 0 fully saturated rings. The first kappa shape index (κ1) is 14.1. The molecule has 2 heterocycles. The van der Waals surface area contributed by atoms with E-state index in [0.29, 0.717) is 13.1 Å². The van der Waals surface area contributed by atoms with Gasteiger partial charge in [0.05, 0.1) is 18.4 Å². The van der Waals surface area contributed by atoms with Crippen LogP contribution >= 0.6 is 0 Å². The fourth-order valence-corrected chi connectivity index (χ4v) is 2.35. The molecule has 0 radical (unpaired) electrons. The van der Waals surface area contributed by atoms with Crippen LogP contribution < -0.4 is 5.32 Å². The standard InChI is InChI=1S/C17H18N4O/c1-2-20(17(22)19-14-8-4-3-5-9-14)13-15-12-18-16-10-6-7-11-21(15)16/h3-12H,2,13H2,1H3,(H,19,22). The summed E-state index contributed by atoms with van der Waals surface area (Å²) in [6, 6.07) is 15.2. The number of fused-ring (bicyclic) bond motifs is 1. The smallest absolute Gasteiger partial charge is 0.319 e. The summed E-state index contributed by atoms with van der Waals surface area (Å²) in [7, 11) is 0. The third kappa shape index (κ3) is 2.93. The second-order valence-electron chi connectivity index (χ2n) is 4.99. The Morgan fingerprint density at radius 1 is 1.18 bits per heavy atom. The van der Waals surface area contributed by atoms with Crippen LogP contribution in [0, 0.1) is 0 Å². The number of nitrogens with zero attached hydrogens (tertiary/aromatic N) is 3. The molecule has 2 amide bonds. The van der Waals surface area contributed by atoms with Crippen LogP contribution in [0.5, 0.6) is 0 Å². The second kappa shape index (κ2) is 6.30. The highest BCUT2D eigenvalue weighted by molar-refractivity contribution is 5.89. The topological polar surface area (TPSA) is 49.6 Å². The van der Waals surface area contributed by atoms with Gasteiger partial charge in [-0.1, -0.05) is 24.3 Å². The highest BCUT2D eigenvalue weighted by atomic mass is 16.2. The van der Waals surface area contributed by atoms with Gasteiger partial charge in [-0.2, -0.15) is 0 Å². The van der Waals surface area contributed by atoms with E-state index in [2.05, 4.69) is 10.3 Å². The van der Waals surface area contributed by atoms with Crippen LogP contribution in [0.1, 0.15) is 12.6 Å². The van der Waals surface area contributed by atoms with E-state index in [-0.39, 0.29) is 6.03 Å². The van der Waals surface area contributed by atoms with E-state index in [4.69, 9.17) is 0 Å². The molecule has 0 spiro atoms. The fraction of sp³-hybridized carbons (Fsp3) is 0.176. The van der Waals surface area contributed by atoms with E-state index in [1.54, 1.807) is 4.90 Å².